The summed E-state index contributed by atoms with van der Waals surface area (Å²) in [5.74, 6) is -3.17. The van der Waals surface area contributed by atoms with Crippen LogP contribution in [0.1, 0.15) is 75.6 Å². The summed E-state index contributed by atoms with van der Waals surface area (Å²) in [6, 6.07) is 15.0. The second kappa shape index (κ2) is 14.2. The maximum absolute atomic E-state index is 10.6. The Morgan fingerprint density at radius 1 is 0.645 bits per heavy atom. The quantitative estimate of drug-likeness (QED) is 0.636. The summed E-state index contributed by atoms with van der Waals surface area (Å²) >= 11 is 0. The van der Waals surface area contributed by atoms with E-state index in [0.29, 0.717) is 0 Å². The van der Waals surface area contributed by atoms with E-state index in [1.54, 1.807) is 13.8 Å². The largest absolute Gasteiger partial charge is 2.00 e. The van der Waals surface area contributed by atoms with Gasteiger partial charge in [-0.3, -0.25) is 0 Å². The van der Waals surface area contributed by atoms with Gasteiger partial charge in [-0.15, -0.1) is 0 Å². The first-order chi connectivity index (χ1) is 14.0. The molecule has 0 saturated carbocycles. The van der Waals surface area contributed by atoms with Crippen LogP contribution in [0.5, 0.6) is 0 Å². The number of rotatable bonds is 6. The maximum Gasteiger partial charge on any atom is 2.00 e. The summed E-state index contributed by atoms with van der Waals surface area (Å²) in [5, 5.41) is 21.3. The van der Waals surface area contributed by atoms with Gasteiger partial charge in [0.2, 0.25) is 0 Å². The van der Waals surface area contributed by atoms with Crippen molar-refractivity contribution in [3.05, 3.63) is 81.9 Å². The Labute approximate surface area is 215 Å². The van der Waals surface area contributed by atoms with Crippen molar-refractivity contribution in [1.82, 2.24) is 0 Å². The number of hydrogen-bond acceptors (Lipinski definition) is 4. The molecule has 0 fully saturated rings. The molecule has 0 aliphatic heterocycles. The van der Waals surface area contributed by atoms with Crippen LogP contribution in [0.4, 0.5) is 0 Å². The average Bonchev–Trinajstić information content (AvgIpc) is 2.67. The summed E-state index contributed by atoms with van der Waals surface area (Å²) in [5.41, 5.74) is 6.17. The van der Waals surface area contributed by atoms with E-state index in [-0.39, 0.29) is 37.7 Å². The fourth-order valence-electron chi connectivity index (χ4n) is 2.70. The van der Waals surface area contributed by atoms with Gasteiger partial charge in [0.25, 0.3) is 0 Å². The average molecular weight is 447 g/mol. The summed E-state index contributed by atoms with van der Waals surface area (Å²) in [7, 11) is 0. The monoisotopic (exact) mass is 446 g/mol. The van der Waals surface area contributed by atoms with Gasteiger partial charge >= 0.3 is 37.7 Å². The van der Waals surface area contributed by atoms with E-state index < -0.39 is 23.8 Å². The molecular formula is C26H30CaO4. The van der Waals surface area contributed by atoms with Gasteiger partial charge in [-0.2, -0.15) is 0 Å². The second-order valence-electron chi connectivity index (χ2n) is 7.86. The van der Waals surface area contributed by atoms with Crippen LogP contribution in [0.25, 0.3) is 12.2 Å². The third-order valence-electron chi connectivity index (χ3n) is 4.49. The molecule has 0 bridgehead atoms. The SMILES string of the molecule is CC(C)=Cc1ccc(C(C)C(=O)[O-])cc1.CC(C)=Cc1ccc(C(C)C(=O)[O-])cc1.[Ca+2]. The zero-order chi connectivity index (χ0) is 22.8. The van der Waals surface area contributed by atoms with Gasteiger partial charge in [-0.05, 0) is 49.9 Å². The summed E-state index contributed by atoms with van der Waals surface area (Å²) in [4.78, 5) is 21.3. The smallest absolute Gasteiger partial charge is 0.550 e. The number of aliphatic carboxylic acids is 2. The maximum atomic E-state index is 10.6. The number of hydrogen-bond donors (Lipinski definition) is 0. The predicted molar refractivity (Wildman–Crippen MR) is 124 cm³/mol. The van der Waals surface area contributed by atoms with Gasteiger partial charge in [-0.25, -0.2) is 0 Å². The molecule has 0 aliphatic rings. The van der Waals surface area contributed by atoms with Crippen molar-refractivity contribution in [2.24, 2.45) is 0 Å². The minimum Gasteiger partial charge on any atom is -0.550 e. The van der Waals surface area contributed by atoms with Crippen molar-refractivity contribution in [3.63, 3.8) is 0 Å². The molecule has 2 aromatic carbocycles. The third-order valence-corrected chi connectivity index (χ3v) is 4.49. The van der Waals surface area contributed by atoms with Crippen LogP contribution in [-0.4, -0.2) is 49.7 Å². The van der Waals surface area contributed by atoms with Crippen molar-refractivity contribution in [2.75, 3.05) is 0 Å². The molecule has 160 valence electrons. The topological polar surface area (TPSA) is 80.3 Å². The summed E-state index contributed by atoms with van der Waals surface area (Å²) < 4.78 is 0. The zero-order valence-corrected chi connectivity index (χ0v) is 21.5. The number of allylic oxidation sites excluding steroid dienone is 2. The summed E-state index contributed by atoms with van der Waals surface area (Å²) in [6.07, 6.45) is 4.10. The van der Waals surface area contributed by atoms with E-state index in [0.717, 1.165) is 22.3 Å². The first-order valence-corrected chi connectivity index (χ1v) is 9.92. The fraction of sp³-hybridized carbons (Fsp3) is 0.308. The van der Waals surface area contributed by atoms with Crippen LogP contribution in [-0.2, 0) is 9.59 Å². The second-order valence-corrected chi connectivity index (χ2v) is 7.86. The minimum atomic E-state index is -1.04. The van der Waals surface area contributed by atoms with Crippen LogP contribution in [0.15, 0.2) is 59.7 Å². The van der Waals surface area contributed by atoms with Crippen molar-refractivity contribution < 1.29 is 19.8 Å². The minimum absolute atomic E-state index is 0. The van der Waals surface area contributed by atoms with Crippen LogP contribution in [0.3, 0.4) is 0 Å². The van der Waals surface area contributed by atoms with Gasteiger partial charge < -0.3 is 19.8 Å². The zero-order valence-electron chi connectivity index (χ0n) is 19.3. The Balaban J connectivity index is 0.000000562. The van der Waals surface area contributed by atoms with Crippen LogP contribution >= 0.6 is 0 Å². The van der Waals surface area contributed by atoms with Crippen molar-refractivity contribution in [1.29, 1.82) is 0 Å². The van der Waals surface area contributed by atoms with Crippen LogP contribution in [0, 0.1) is 0 Å². The first kappa shape index (κ1) is 29.1. The number of carbonyl (C=O) groups is 2. The fourth-order valence-corrected chi connectivity index (χ4v) is 2.70. The molecule has 2 atom stereocenters. The summed E-state index contributed by atoms with van der Waals surface area (Å²) in [6.45, 7) is 11.4. The number of carboxylic acids is 2. The van der Waals surface area contributed by atoms with Crippen molar-refractivity contribution in [2.45, 2.75) is 53.4 Å². The molecule has 0 heterocycles. The van der Waals surface area contributed by atoms with Crippen LogP contribution < -0.4 is 10.2 Å². The first-order valence-electron chi connectivity index (χ1n) is 9.92. The molecule has 0 radical (unpaired) electrons. The molecule has 2 aromatic rings. The normalized spacial score (nSPS) is 11.5. The van der Waals surface area contributed by atoms with Gasteiger partial charge in [0.1, 0.15) is 0 Å². The molecule has 0 aromatic heterocycles. The van der Waals surface area contributed by atoms with E-state index in [1.165, 1.54) is 11.1 Å². The molecule has 2 rings (SSSR count). The van der Waals surface area contributed by atoms with E-state index in [2.05, 4.69) is 0 Å². The van der Waals surface area contributed by atoms with Gasteiger partial charge in [0, 0.05) is 23.8 Å². The molecule has 2 unspecified atom stereocenters. The molecule has 0 saturated heterocycles. The molecular weight excluding hydrogens is 416 g/mol. The molecule has 0 N–H and O–H groups in total. The van der Waals surface area contributed by atoms with E-state index in [4.69, 9.17) is 0 Å². The molecule has 0 amide bonds. The Bertz CT molecular complexity index is 824. The molecule has 0 spiro atoms. The molecule has 4 nitrogen and oxygen atoms in total. The van der Waals surface area contributed by atoms with Crippen LogP contribution in [0.2, 0.25) is 0 Å². The Morgan fingerprint density at radius 3 is 1.10 bits per heavy atom. The standard InChI is InChI=1S/2C13H16O2.Ca/c2*1-9(2)8-11-4-6-12(7-5-11)10(3)13(14)15;/h2*4-8,10H,1-3H3,(H,14,15);/q;;+2/p-2. The van der Waals surface area contributed by atoms with Gasteiger partial charge in [-0.1, -0.05) is 85.7 Å². The number of benzene rings is 2. The molecule has 31 heavy (non-hydrogen) atoms. The van der Waals surface area contributed by atoms with E-state index in [9.17, 15) is 19.8 Å². The molecule has 0 aliphatic carbocycles. The number of carbonyl (C=O) groups excluding carboxylic acids is 2. The number of carboxylic acid groups (broad SMARTS) is 2. The molecule has 5 heteroatoms. The van der Waals surface area contributed by atoms with Crippen molar-refractivity contribution >= 4 is 61.8 Å². The Kier molecular flexibility index (Phi) is 13.4. The van der Waals surface area contributed by atoms with Crippen molar-refractivity contribution in [3.8, 4) is 0 Å². The Hall–Kier alpha value is -1.88. The van der Waals surface area contributed by atoms with E-state index in [1.807, 2.05) is 88.4 Å². The third kappa shape index (κ3) is 10.8. The Morgan fingerprint density at radius 2 is 0.903 bits per heavy atom. The van der Waals surface area contributed by atoms with Gasteiger partial charge in [0.15, 0.2) is 0 Å². The predicted octanol–water partition coefficient (Wildman–Crippen LogP) is 3.55. The van der Waals surface area contributed by atoms with E-state index >= 15 is 0 Å². The van der Waals surface area contributed by atoms with Gasteiger partial charge in [0.05, 0.1) is 0 Å².